The third-order valence-electron chi connectivity index (χ3n) is 5.04. The van der Waals surface area contributed by atoms with Crippen molar-refractivity contribution in [3.63, 3.8) is 0 Å². The Balaban J connectivity index is 3.00. The Kier molecular flexibility index (Phi) is 26.7. The van der Waals surface area contributed by atoms with Gasteiger partial charge in [0.2, 0.25) is 0 Å². The van der Waals surface area contributed by atoms with Crippen molar-refractivity contribution in [2.75, 3.05) is 59.5 Å². The summed E-state index contributed by atoms with van der Waals surface area (Å²) in [5.74, 6) is -0.287. The van der Waals surface area contributed by atoms with E-state index >= 15 is 0 Å². The molecule has 0 radical (unpaired) electrons. The quantitative estimate of drug-likeness (QED) is 0.125. The second-order valence-corrected chi connectivity index (χ2v) is 8.03. The zero-order chi connectivity index (χ0) is 22.7. The van der Waals surface area contributed by atoms with E-state index in [-0.39, 0.29) is 12.6 Å². The van der Waals surface area contributed by atoms with E-state index in [2.05, 4.69) is 6.92 Å². The smallest absolute Gasteiger partial charge is 0.302 e. The van der Waals surface area contributed by atoms with E-state index in [1.165, 1.54) is 84.0 Å². The monoisotopic (exact) mass is 446 g/mol. The predicted molar refractivity (Wildman–Crippen MR) is 126 cm³/mol. The Hall–Kier alpha value is -0.690. The highest BCUT2D eigenvalue weighted by Crippen LogP contribution is 2.12. The second-order valence-electron chi connectivity index (χ2n) is 8.03. The minimum Gasteiger partial charge on any atom is -0.463 e. The molecule has 0 aromatic heterocycles. The molecule has 0 N–H and O–H groups in total. The van der Waals surface area contributed by atoms with E-state index in [0.29, 0.717) is 46.2 Å². The van der Waals surface area contributed by atoms with E-state index < -0.39 is 0 Å². The molecule has 6 heteroatoms. The average molecular weight is 447 g/mol. The number of ether oxygens (including phenoxy) is 5. The summed E-state index contributed by atoms with van der Waals surface area (Å²) < 4.78 is 26.5. The van der Waals surface area contributed by atoms with Gasteiger partial charge in [0.15, 0.2) is 0 Å². The molecule has 0 aromatic carbocycles. The van der Waals surface area contributed by atoms with Gasteiger partial charge in [-0.25, -0.2) is 0 Å². The largest absolute Gasteiger partial charge is 0.463 e. The van der Waals surface area contributed by atoms with E-state index in [0.717, 1.165) is 13.0 Å². The molecule has 0 atom stereocenters. The van der Waals surface area contributed by atoms with Crippen LogP contribution in [-0.4, -0.2) is 65.4 Å². The molecule has 0 spiro atoms. The number of hydrogen-bond donors (Lipinski definition) is 0. The number of rotatable bonds is 26. The van der Waals surface area contributed by atoms with Crippen LogP contribution in [0.1, 0.15) is 97.3 Å². The molecule has 6 nitrogen and oxygen atoms in total. The maximum atomic E-state index is 10.6. The molecular formula is C25H50O6. The summed E-state index contributed by atoms with van der Waals surface area (Å²) in [6, 6.07) is 0. The number of hydrogen-bond acceptors (Lipinski definition) is 6. The van der Waals surface area contributed by atoms with Gasteiger partial charge in [-0.15, -0.1) is 0 Å². The van der Waals surface area contributed by atoms with E-state index in [9.17, 15) is 4.79 Å². The lowest BCUT2D eigenvalue weighted by Gasteiger charge is -2.07. The standard InChI is InChI=1S/C25H50O6/c1-3-4-5-6-7-8-9-10-11-12-13-14-15-16-27-17-18-28-19-20-29-21-22-30-23-24-31-25(2)26/h3-24H2,1-2H3. The molecule has 0 fully saturated rings. The van der Waals surface area contributed by atoms with Crippen molar-refractivity contribution in [1.82, 2.24) is 0 Å². The van der Waals surface area contributed by atoms with Crippen molar-refractivity contribution in [2.24, 2.45) is 0 Å². The minimum absolute atomic E-state index is 0.287. The molecule has 186 valence electrons. The first-order valence-electron chi connectivity index (χ1n) is 12.7. The maximum absolute atomic E-state index is 10.6. The third kappa shape index (κ3) is 29.3. The lowest BCUT2D eigenvalue weighted by atomic mass is 10.0. The summed E-state index contributed by atoms with van der Waals surface area (Å²) >= 11 is 0. The van der Waals surface area contributed by atoms with Gasteiger partial charge in [-0.1, -0.05) is 84.0 Å². The first kappa shape index (κ1) is 30.3. The zero-order valence-corrected chi connectivity index (χ0v) is 20.5. The van der Waals surface area contributed by atoms with Gasteiger partial charge >= 0.3 is 5.97 Å². The molecule has 0 amide bonds. The Morgan fingerprint density at radius 1 is 0.452 bits per heavy atom. The van der Waals surface area contributed by atoms with Crippen LogP contribution < -0.4 is 0 Å². The van der Waals surface area contributed by atoms with Crippen LogP contribution >= 0.6 is 0 Å². The molecule has 0 bridgehead atoms. The molecule has 0 heterocycles. The van der Waals surface area contributed by atoms with Gasteiger partial charge < -0.3 is 23.7 Å². The number of esters is 1. The van der Waals surface area contributed by atoms with Crippen molar-refractivity contribution < 1.29 is 28.5 Å². The number of unbranched alkanes of at least 4 members (excludes halogenated alkanes) is 12. The normalized spacial score (nSPS) is 11.2. The first-order valence-corrected chi connectivity index (χ1v) is 12.7. The molecule has 0 unspecified atom stereocenters. The van der Waals surface area contributed by atoms with Crippen LogP contribution in [0.5, 0.6) is 0 Å². The molecule has 0 aliphatic carbocycles. The lowest BCUT2D eigenvalue weighted by molar-refractivity contribution is -0.142. The van der Waals surface area contributed by atoms with E-state index in [1.807, 2.05) is 0 Å². The zero-order valence-electron chi connectivity index (χ0n) is 20.5. The lowest BCUT2D eigenvalue weighted by Crippen LogP contribution is -2.13. The van der Waals surface area contributed by atoms with Crippen LogP contribution in [0.4, 0.5) is 0 Å². The molecule has 31 heavy (non-hydrogen) atoms. The van der Waals surface area contributed by atoms with Crippen LogP contribution in [0.15, 0.2) is 0 Å². The Morgan fingerprint density at radius 2 is 0.774 bits per heavy atom. The Morgan fingerprint density at radius 3 is 1.16 bits per heavy atom. The molecule has 0 aliphatic rings. The van der Waals surface area contributed by atoms with Crippen molar-refractivity contribution in [2.45, 2.75) is 97.3 Å². The van der Waals surface area contributed by atoms with Crippen molar-refractivity contribution >= 4 is 5.97 Å². The second kappa shape index (κ2) is 27.3. The van der Waals surface area contributed by atoms with Crippen LogP contribution in [0.3, 0.4) is 0 Å². The van der Waals surface area contributed by atoms with Gasteiger partial charge in [-0.2, -0.15) is 0 Å². The van der Waals surface area contributed by atoms with E-state index in [1.54, 1.807) is 0 Å². The van der Waals surface area contributed by atoms with Crippen LogP contribution in [-0.2, 0) is 28.5 Å². The fourth-order valence-electron chi connectivity index (χ4n) is 3.23. The highest BCUT2D eigenvalue weighted by molar-refractivity contribution is 5.65. The van der Waals surface area contributed by atoms with Gasteiger partial charge in [-0.3, -0.25) is 4.79 Å². The molecule has 0 saturated carbocycles. The summed E-state index contributed by atoms with van der Waals surface area (Å²) in [6.07, 6.45) is 17.8. The molecule has 0 aliphatic heterocycles. The van der Waals surface area contributed by atoms with Gasteiger partial charge in [0, 0.05) is 13.5 Å². The average Bonchev–Trinajstić information content (AvgIpc) is 2.76. The van der Waals surface area contributed by atoms with E-state index in [4.69, 9.17) is 23.7 Å². The van der Waals surface area contributed by atoms with Crippen LogP contribution in [0.25, 0.3) is 0 Å². The van der Waals surface area contributed by atoms with Crippen LogP contribution in [0, 0.1) is 0 Å². The SMILES string of the molecule is CCCCCCCCCCCCCCCOCCOCCOCCOCCOC(C)=O. The molecule has 0 saturated heterocycles. The predicted octanol–water partition coefficient (Wildman–Crippen LogP) is 5.71. The highest BCUT2D eigenvalue weighted by atomic mass is 16.6. The first-order chi connectivity index (χ1) is 15.3. The summed E-state index contributed by atoms with van der Waals surface area (Å²) in [5.41, 5.74) is 0. The van der Waals surface area contributed by atoms with Crippen molar-refractivity contribution in [3.8, 4) is 0 Å². The maximum Gasteiger partial charge on any atom is 0.302 e. The summed E-state index contributed by atoms with van der Waals surface area (Å²) in [5, 5.41) is 0. The van der Waals surface area contributed by atoms with Gasteiger partial charge in [0.05, 0.1) is 46.2 Å². The minimum atomic E-state index is -0.287. The van der Waals surface area contributed by atoms with Gasteiger partial charge in [0.25, 0.3) is 0 Å². The van der Waals surface area contributed by atoms with Crippen molar-refractivity contribution in [1.29, 1.82) is 0 Å². The fourth-order valence-corrected chi connectivity index (χ4v) is 3.23. The fraction of sp³-hybridized carbons (Fsp3) is 0.960. The summed E-state index contributed by atoms with van der Waals surface area (Å²) in [4.78, 5) is 10.6. The number of carbonyl (C=O) groups excluding carboxylic acids is 1. The van der Waals surface area contributed by atoms with Gasteiger partial charge in [0.1, 0.15) is 6.61 Å². The summed E-state index contributed by atoms with van der Waals surface area (Å²) in [7, 11) is 0. The van der Waals surface area contributed by atoms with Crippen molar-refractivity contribution in [3.05, 3.63) is 0 Å². The molecular weight excluding hydrogens is 396 g/mol. The Labute approximate surface area is 191 Å². The van der Waals surface area contributed by atoms with Gasteiger partial charge in [-0.05, 0) is 6.42 Å². The third-order valence-corrected chi connectivity index (χ3v) is 5.04. The Bertz CT molecular complexity index is 351. The van der Waals surface area contributed by atoms with Crippen LogP contribution in [0.2, 0.25) is 0 Å². The highest BCUT2D eigenvalue weighted by Gasteiger charge is 1.96. The summed E-state index contributed by atoms with van der Waals surface area (Å²) in [6.45, 7) is 8.56. The number of carbonyl (C=O) groups is 1. The molecule has 0 aromatic rings. The molecule has 0 rings (SSSR count). The topological polar surface area (TPSA) is 63.2 Å².